The van der Waals surface area contributed by atoms with Gasteiger partial charge in [0, 0.05) is 12.6 Å². The third-order valence-corrected chi connectivity index (χ3v) is 3.44. The van der Waals surface area contributed by atoms with E-state index >= 15 is 0 Å². The van der Waals surface area contributed by atoms with E-state index < -0.39 is 12.0 Å². The Bertz CT molecular complexity index is 547. The number of amides is 2. The molecule has 7 heteroatoms. The molecule has 0 aromatic heterocycles. The van der Waals surface area contributed by atoms with Crippen molar-refractivity contribution in [2.24, 2.45) is 0 Å². The second-order valence-corrected chi connectivity index (χ2v) is 5.23. The number of anilines is 1. The van der Waals surface area contributed by atoms with Crippen molar-refractivity contribution in [3.8, 4) is 5.75 Å². The summed E-state index contributed by atoms with van der Waals surface area (Å²) in [6, 6.07) is 3.41. The van der Waals surface area contributed by atoms with Crippen molar-refractivity contribution in [2.75, 3.05) is 25.5 Å². The number of urea groups is 1. The van der Waals surface area contributed by atoms with E-state index in [2.05, 4.69) is 15.5 Å². The SMILES string of the molecule is CN1CCCC(NC(=O)Nc2ccc(O)cc2C(=O)O)C1. The minimum Gasteiger partial charge on any atom is -0.508 e. The molecule has 0 bridgehead atoms. The number of hydrogen-bond donors (Lipinski definition) is 4. The van der Waals surface area contributed by atoms with Gasteiger partial charge in [-0.2, -0.15) is 0 Å². The molecule has 0 spiro atoms. The number of phenols is 1. The zero-order valence-electron chi connectivity index (χ0n) is 11.8. The second kappa shape index (κ2) is 6.45. The number of piperidine rings is 1. The summed E-state index contributed by atoms with van der Waals surface area (Å²) in [4.78, 5) is 25.2. The number of nitrogens with one attached hydrogen (secondary N) is 2. The molecule has 1 fully saturated rings. The number of likely N-dealkylation sites (N-methyl/N-ethyl adjacent to an activating group) is 1. The molecule has 1 saturated heterocycles. The van der Waals surface area contributed by atoms with Crippen molar-refractivity contribution >= 4 is 17.7 Å². The van der Waals surface area contributed by atoms with Crippen LogP contribution in [-0.2, 0) is 0 Å². The van der Waals surface area contributed by atoms with Crippen LogP contribution in [0, 0.1) is 0 Å². The molecule has 0 aliphatic carbocycles. The van der Waals surface area contributed by atoms with Crippen LogP contribution in [0.25, 0.3) is 0 Å². The van der Waals surface area contributed by atoms with E-state index in [0.29, 0.717) is 0 Å². The Balaban J connectivity index is 2.01. The number of hydrogen-bond acceptors (Lipinski definition) is 4. The number of likely N-dealkylation sites (tertiary alicyclic amines) is 1. The largest absolute Gasteiger partial charge is 0.508 e. The molecule has 1 aromatic carbocycles. The number of carbonyl (C=O) groups excluding carboxylic acids is 1. The Morgan fingerprint density at radius 2 is 2.14 bits per heavy atom. The molecule has 2 rings (SSSR count). The van der Waals surface area contributed by atoms with Gasteiger partial charge in [-0.05, 0) is 44.6 Å². The third-order valence-electron chi connectivity index (χ3n) is 3.44. The number of phenolic OH excluding ortho intramolecular Hbond substituents is 1. The van der Waals surface area contributed by atoms with Crippen LogP contribution in [-0.4, -0.2) is 53.3 Å². The van der Waals surface area contributed by atoms with Gasteiger partial charge in [-0.25, -0.2) is 9.59 Å². The normalized spacial score (nSPS) is 19.0. The Morgan fingerprint density at radius 1 is 1.38 bits per heavy atom. The fraction of sp³-hybridized carbons (Fsp3) is 0.429. The predicted octanol–water partition coefficient (Wildman–Crippen LogP) is 1.31. The van der Waals surface area contributed by atoms with E-state index in [1.165, 1.54) is 12.1 Å². The van der Waals surface area contributed by atoms with E-state index in [-0.39, 0.29) is 23.0 Å². The molecular weight excluding hydrogens is 274 g/mol. The quantitative estimate of drug-likeness (QED) is 0.629. The summed E-state index contributed by atoms with van der Waals surface area (Å²) >= 11 is 0. The minimum atomic E-state index is -1.21. The van der Waals surface area contributed by atoms with Gasteiger partial charge in [-0.15, -0.1) is 0 Å². The van der Waals surface area contributed by atoms with Crippen LogP contribution in [0.15, 0.2) is 18.2 Å². The molecule has 21 heavy (non-hydrogen) atoms. The molecule has 1 aromatic rings. The fourth-order valence-electron chi connectivity index (χ4n) is 2.45. The average molecular weight is 293 g/mol. The van der Waals surface area contributed by atoms with Crippen LogP contribution >= 0.6 is 0 Å². The molecule has 1 atom stereocenters. The van der Waals surface area contributed by atoms with Crippen molar-refractivity contribution in [2.45, 2.75) is 18.9 Å². The summed E-state index contributed by atoms with van der Waals surface area (Å²) in [6.07, 6.45) is 1.92. The van der Waals surface area contributed by atoms with Crippen LogP contribution in [0.3, 0.4) is 0 Å². The lowest BCUT2D eigenvalue weighted by atomic mass is 10.1. The highest BCUT2D eigenvalue weighted by molar-refractivity contribution is 6.00. The molecule has 1 unspecified atom stereocenters. The van der Waals surface area contributed by atoms with Gasteiger partial charge in [-0.1, -0.05) is 0 Å². The number of benzene rings is 1. The van der Waals surface area contributed by atoms with Crippen LogP contribution in [0.4, 0.5) is 10.5 Å². The number of carboxylic acid groups (broad SMARTS) is 1. The van der Waals surface area contributed by atoms with Crippen molar-refractivity contribution in [1.82, 2.24) is 10.2 Å². The van der Waals surface area contributed by atoms with Gasteiger partial charge < -0.3 is 25.7 Å². The number of aromatic carboxylic acids is 1. The number of aromatic hydroxyl groups is 1. The van der Waals surface area contributed by atoms with Crippen molar-refractivity contribution < 1.29 is 19.8 Å². The number of nitrogens with zero attached hydrogens (tertiary/aromatic N) is 1. The predicted molar refractivity (Wildman–Crippen MR) is 77.7 cm³/mol. The Kier molecular flexibility index (Phi) is 4.64. The maximum Gasteiger partial charge on any atom is 0.337 e. The number of rotatable bonds is 3. The van der Waals surface area contributed by atoms with Crippen molar-refractivity contribution in [3.05, 3.63) is 23.8 Å². The fourth-order valence-corrected chi connectivity index (χ4v) is 2.45. The number of carboxylic acids is 1. The van der Waals surface area contributed by atoms with Crippen LogP contribution < -0.4 is 10.6 Å². The molecule has 2 amide bonds. The second-order valence-electron chi connectivity index (χ2n) is 5.23. The third kappa shape index (κ3) is 4.09. The van der Waals surface area contributed by atoms with E-state index in [1.807, 2.05) is 7.05 Å². The first-order valence-electron chi connectivity index (χ1n) is 6.78. The van der Waals surface area contributed by atoms with E-state index in [4.69, 9.17) is 5.11 Å². The first kappa shape index (κ1) is 15.1. The summed E-state index contributed by atoms with van der Waals surface area (Å²) in [6.45, 7) is 1.79. The Morgan fingerprint density at radius 3 is 2.81 bits per heavy atom. The van der Waals surface area contributed by atoms with Crippen LogP contribution in [0.2, 0.25) is 0 Å². The molecule has 7 nitrogen and oxygen atoms in total. The van der Waals surface area contributed by atoms with Gasteiger partial charge in [0.25, 0.3) is 0 Å². The van der Waals surface area contributed by atoms with Gasteiger partial charge in [0.1, 0.15) is 5.75 Å². The summed E-state index contributed by atoms with van der Waals surface area (Å²) < 4.78 is 0. The standard InChI is InChI=1S/C14H19N3O4/c1-17-6-2-3-9(8-17)15-14(21)16-12-5-4-10(18)7-11(12)13(19)20/h4-5,7,9,18H,2-3,6,8H2,1H3,(H,19,20)(H2,15,16,21). The monoisotopic (exact) mass is 293 g/mol. The first-order chi connectivity index (χ1) is 9.95. The maximum absolute atomic E-state index is 12.0. The molecule has 0 saturated carbocycles. The lowest BCUT2D eigenvalue weighted by Gasteiger charge is -2.30. The van der Waals surface area contributed by atoms with Gasteiger partial charge in [0.15, 0.2) is 0 Å². The first-order valence-corrected chi connectivity index (χ1v) is 6.78. The van der Waals surface area contributed by atoms with Crippen LogP contribution in [0.5, 0.6) is 5.75 Å². The molecule has 114 valence electrons. The van der Waals surface area contributed by atoms with Crippen molar-refractivity contribution in [3.63, 3.8) is 0 Å². The van der Waals surface area contributed by atoms with Crippen molar-refractivity contribution in [1.29, 1.82) is 0 Å². The Hall–Kier alpha value is -2.28. The molecule has 4 N–H and O–H groups in total. The van der Waals surface area contributed by atoms with Crippen LogP contribution in [0.1, 0.15) is 23.2 Å². The zero-order valence-corrected chi connectivity index (χ0v) is 11.8. The summed E-state index contributed by atoms with van der Waals surface area (Å²) in [5.41, 5.74) is 0.00729. The molecule has 0 radical (unpaired) electrons. The highest BCUT2D eigenvalue weighted by Crippen LogP contribution is 2.21. The summed E-state index contributed by atoms with van der Waals surface area (Å²) in [5, 5.41) is 23.7. The average Bonchev–Trinajstić information content (AvgIpc) is 2.40. The smallest absolute Gasteiger partial charge is 0.337 e. The lowest BCUT2D eigenvalue weighted by Crippen LogP contribution is -2.47. The molecule has 1 aliphatic rings. The van der Waals surface area contributed by atoms with Gasteiger partial charge in [0.05, 0.1) is 11.3 Å². The summed E-state index contributed by atoms with van der Waals surface area (Å²) in [7, 11) is 1.99. The zero-order chi connectivity index (χ0) is 15.4. The van der Waals surface area contributed by atoms with Gasteiger partial charge in [0.2, 0.25) is 0 Å². The molecular formula is C14H19N3O4. The van der Waals surface area contributed by atoms with E-state index in [0.717, 1.165) is 32.0 Å². The van der Waals surface area contributed by atoms with Gasteiger partial charge in [-0.3, -0.25) is 0 Å². The highest BCUT2D eigenvalue weighted by atomic mass is 16.4. The molecule has 1 heterocycles. The maximum atomic E-state index is 12.0. The van der Waals surface area contributed by atoms with E-state index in [1.54, 1.807) is 0 Å². The summed E-state index contributed by atoms with van der Waals surface area (Å²) in [5.74, 6) is -1.37. The Labute approximate surface area is 122 Å². The lowest BCUT2D eigenvalue weighted by molar-refractivity contribution is 0.0697. The minimum absolute atomic E-state index is 0.0501. The number of carbonyl (C=O) groups is 2. The molecule has 1 aliphatic heterocycles. The highest BCUT2D eigenvalue weighted by Gasteiger charge is 2.20. The topological polar surface area (TPSA) is 102 Å². The van der Waals surface area contributed by atoms with Gasteiger partial charge >= 0.3 is 12.0 Å². The van der Waals surface area contributed by atoms with E-state index in [9.17, 15) is 14.7 Å².